The van der Waals surface area contributed by atoms with Crippen LogP contribution in [0.4, 0.5) is 10.8 Å². The molecule has 0 spiro atoms. The van der Waals surface area contributed by atoms with Crippen molar-refractivity contribution in [3.63, 3.8) is 0 Å². The Kier molecular flexibility index (Phi) is 8.07. The fourth-order valence-electron chi connectivity index (χ4n) is 3.42. The fraction of sp³-hybridized carbons (Fsp3) is 0.273. The number of hydrogen-bond acceptors (Lipinski definition) is 13. The van der Waals surface area contributed by atoms with Crippen LogP contribution in [0, 0.1) is 0 Å². The number of methoxy groups -OCH3 is 1. The number of nitrogen functional groups attached to an aromatic ring is 1. The zero-order valence-electron chi connectivity index (χ0n) is 19.0. The van der Waals surface area contributed by atoms with Crippen LogP contribution in [0.25, 0.3) is 0 Å². The molecule has 1 heterocycles. The Bertz CT molecular complexity index is 1200. The summed E-state index contributed by atoms with van der Waals surface area (Å²) in [4.78, 5) is 16.1. The normalized spacial score (nSPS) is 12.4. The lowest BCUT2D eigenvalue weighted by Crippen LogP contribution is -2.48. The van der Waals surface area contributed by atoms with Crippen LogP contribution in [0.3, 0.4) is 0 Å². The average molecular weight is 523 g/mol. The second-order valence-electron chi connectivity index (χ2n) is 7.79. The summed E-state index contributed by atoms with van der Waals surface area (Å²) >= 11 is 0.744. The molecule has 1 amide bonds. The second kappa shape index (κ2) is 10.8. The molecule has 14 heteroatoms. The van der Waals surface area contributed by atoms with Gasteiger partial charge >= 0.3 is 0 Å². The summed E-state index contributed by atoms with van der Waals surface area (Å²) < 4.78 is 5.34. The van der Waals surface area contributed by atoms with Crippen molar-refractivity contribution >= 4 is 28.1 Å². The zero-order valence-corrected chi connectivity index (χ0v) is 19.8. The van der Waals surface area contributed by atoms with Crippen LogP contribution in [0.1, 0.15) is 22.9 Å². The first-order chi connectivity index (χ1) is 16.9. The van der Waals surface area contributed by atoms with E-state index in [1.807, 2.05) is 0 Å². The number of phenolic OH excluding ortho intramolecular Hbond substituents is 4. The first-order valence-electron chi connectivity index (χ1n) is 10.4. The highest BCUT2D eigenvalue weighted by atomic mass is 32.1. The molecule has 1 atom stereocenters. The summed E-state index contributed by atoms with van der Waals surface area (Å²) in [6.07, 6.45) is -1.94. The third-order valence-corrected chi connectivity index (χ3v) is 5.96. The number of aromatic nitrogens is 1. The second-order valence-corrected chi connectivity index (χ2v) is 8.80. The maximum atomic E-state index is 12.3. The van der Waals surface area contributed by atoms with E-state index in [0.717, 1.165) is 16.9 Å². The van der Waals surface area contributed by atoms with E-state index in [0.29, 0.717) is 0 Å². The van der Waals surface area contributed by atoms with Gasteiger partial charge in [-0.15, -0.1) is 0 Å². The van der Waals surface area contributed by atoms with Crippen molar-refractivity contribution in [3.05, 3.63) is 47.2 Å². The Morgan fingerprint density at radius 3 is 2.22 bits per heavy atom. The van der Waals surface area contributed by atoms with E-state index < -0.39 is 65.0 Å². The molecule has 0 aliphatic heterocycles. The van der Waals surface area contributed by atoms with Gasteiger partial charge in [0.2, 0.25) is 11.8 Å². The van der Waals surface area contributed by atoms with Crippen LogP contribution in [0.5, 0.6) is 28.1 Å². The van der Waals surface area contributed by atoms with Gasteiger partial charge in [0.15, 0.2) is 33.2 Å². The maximum Gasteiger partial charge on any atom is 0.230 e. The topological polar surface area (TPSA) is 231 Å². The van der Waals surface area contributed by atoms with Gasteiger partial charge in [-0.05, 0) is 5.56 Å². The number of aliphatic hydroxyl groups is 2. The molecule has 3 rings (SSSR count). The van der Waals surface area contributed by atoms with Crippen LogP contribution >= 0.6 is 11.3 Å². The van der Waals surface area contributed by atoms with Gasteiger partial charge in [-0.25, -0.2) is 4.98 Å². The highest BCUT2D eigenvalue weighted by Crippen LogP contribution is 2.50. The van der Waals surface area contributed by atoms with Crippen molar-refractivity contribution in [2.75, 3.05) is 24.7 Å². The van der Waals surface area contributed by atoms with E-state index >= 15 is 0 Å². The largest absolute Gasteiger partial charge is 0.504 e. The number of nitrogens with two attached hydrogens (primary N) is 1. The van der Waals surface area contributed by atoms with Gasteiger partial charge in [0.25, 0.3) is 0 Å². The van der Waals surface area contributed by atoms with Gasteiger partial charge in [-0.3, -0.25) is 10.1 Å². The number of benzene rings is 2. The van der Waals surface area contributed by atoms with Crippen LogP contribution in [0.15, 0.2) is 30.3 Å². The zero-order chi connectivity index (χ0) is 26.6. The van der Waals surface area contributed by atoms with Crippen molar-refractivity contribution < 1.29 is 45.3 Å². The molecule has 13 nitrogen and oxygen atoms in total. The van der Waals surface area contributed by atoms with Gasteiger partial charge in [0.1, 0.15) is 11.4 Å². The quantitative estimate of drug-likeness (QED) is 0.100. The van der Waals surface area contributed by atoms with Crippen LogP contribution in [-0.4, -0.2) is 66.2 Å². The minimum Gasteiger partial charge on any atom is -0.504 e. The first kappa shape index (κ1) is 26.8. The number of amides is 1. The summed E-state index contributed by atoms with van der Waals surface area (Å²) in [5.41, 5.74) is 4.80. The lowest BCUT2D eigenvalue weighted by molar-refractivity contribution is -0.188. The number of carbonyl (C=O) groups is 1. The van der Waals surface area contributed by atoms with E-state index in [1.165, 1.54) is 7.11 Å². The van der Waals surface area contributed by atoms with Crippen molar-refractivity contribution in [1.29, 1.82) is 0 Å². The molecular weight excluding hydrogens is 496 g/mol. The number of thiazole rings is 1. The van der Waals surface area contributed by atoms with E-state index in [-0.39, 0.29) is 22.4 Å². The molecule has 0 saturated heterocycles. The molecular formula is C22H26N4O9S. The van der Waals surface area contributed by atoms with E-state index in [4.69, 9.17) is 10.5 Å². The van der Waals surface area contributed by atoms with Crippen LogP contribution < -0.4 is 16.4 Å². The third kappa shape index (κ3) is 6.05. The number of hydrogen-bond donors (Lipinski definition) is 10. The summed E-state index contributed by atoms with van der Waals surface area (Å²) in [5, 5.41) is 76.2. The Labute approximate surface area is 208 Å². The first-order valence-corrected chi connectivity index (χ1v) is 11.2. The molecule has 1 unspecified atom stereocenters. The minimum absolute atomic E-state index is 0.0197. The molecule has 0 bridgehead atoms. The fourth-order valence-corrected chi connectivity index (χ4v) is 4.00. The highest BCUT2D eigenvalue weighted by molar-refractivity contribution is 7.17. The van der Waals surface area contributed by atoms with Gasteiger partial charge in [-0.1, -0.05) is 41.7 Å². The van der Waals surface area contributed by atoms with Gasteiger partial charge in [0, 0.05) is 20.1 Å². The SMILES string of the molecule is COC(CNC(O)(O)Cc1c(O)c(O)c(NC(=O)Cc2nc(N)sc2O)c(O)c1O)c1ccccc1. The Hall–Kier alpha value is -3.82. The molecule has 36 heavy (non-hydrogen) atoms. The molecule has 0 aliphatic carbocycles. The smallest absolute Gasteiger partial charge is 0.230 e. The van der Waals surface area contributed by atoms with Gasteiger partial charge in [-0.2, -0.15) is 0 Å². The standard InChI is InChI=1S/C22H26N4O9S/c1-35-13(10-5-3-2-4-6-10)9-24-22(33,34)8-11-16(28)18(30)15(19(31)17(11)29)26-14(27)7-12-20(32)36-21(23)25-12/h2-6,13,24,28-34H,7-9H2,1H3,(H2,23,25)(H,26,27). The lowest BCUT2D eigenvalue weighted by Gasteiger charge is -2.27. The van der Waals surface area contributed by atoms with E-state index in [1.54, 1.807) is 30.3 Å². The molecule has 194 valence electrons. The molecule has 0 saturated carbocycles. The van der Waals surface area contributed by atoms with E-state index in [9.17, 15) is 40.5 Å². The van der Waals surface area contributed by atoms with Crippen molar-refractivity contribution in [3.8, 4) is 28.1 Å². The molecule has 0 radical (unpaired) electrons. The number of anilines is 2. The maximum absolute atomic E-state index is 12.3. The van der Waals surface area contributed by atoms with Crippen LogP contribution in [0.2, 0.25) is 0 Å². The molecule has 3 aromatic rings. The molecule has 11 N–H and O–H groups in total. The van der Waals surface area contributed by atoms with Crippen molar-refractivity contribution in [2.45, 2.75) is 24.9 Å². The molecule has 2 aromatic carbocycles. The average Bonchev–Trinajstić information content (AvgIpc) is 3.15. The number of nitrogens with zero attached hydrogens (tertiary/aromatic N) is 1. The van der Waals surface area contributed by atoms with Gasteiger partial charge in [0.05, 0.1) is 18.1 Å². The van der Waals surface area contributed by atoms with Crippen molar-refractivity contribution in [2.24, 2.45) is 0 Å². The number of rotatable bonds is 10. The number of phenols is 4. The monoisotopic (exact) mass is 522 g/mol. The number of ether oxygens (including phenoxy) is 1. The Morgan fingerprint density at radius 2 is 1.69 bits per heavy atom. The molecule has 0 aliphatic rings. The van der Waals surface area contributed by atoms with E-state index in [2.05, 4.69) is 15.6 Å². The Morgan fingerprint density at radius 1 is 1.08 bits per heavy atom. The summed E-state index contributed by atoms with van der Waals surface area (Å²) in [5.74, 6) is -7.69. The predicted molar refractivity (Wildman–Crippen MR) is 129 cm³/mol. The summed E-state index contributed by atoms with van der Waals surface area (Å²) in [7, 11) is 1.43. The third-order valence-electron chi connectivity index (χ3n) is 5.23. The predicted octanol–water partition coefficient (Wildman–Crippen LogP) is 0.593. The number of carbonyl (C=O) groups excluding carboxylic acids is 1. The summed E-state index contributed by atoms with van der Waals surface area (Å²) in [6.45, 7) is -0.0882. The number of nitrogens with one attached hydrogen (secondary N) is 2. The highest BCUT2D eigenvalue weighted by Gasteiger charge is 2.32. The summed E-state index contributed by atoms with van der Waals surface area (Å²) in [6, 6.07) is 8.92. The van der Waals surface area contributed by atoms with Crippen LogP contribution in [-0.2, 0) is 22.4 Å². The number of aromatic hydroxyl groups is 5. The lowest BCUT2D eigenvalue weighted by atomic mass is 10.0. The van der Waals surface area contributed by atoms with Crippen molar-refractivity contribution in [1.82, 2.24) is 10.3 Å². The minimum atomic E-state index is -2.72. The molecule has 0 fully saturated rings. The van der Waals surface area contributed by atoms with Gasteiger partial charge < -0.3 is 51.5 Å². The molecule has 1 aromatic heterocycles. The Balaban J connectivity index is 1.76.